The van der Waals surface area contributed by atoms with Gasteiger partial charge in [0.25, 0.3) is 0 Å². The van der Waals surface area contributed by atoms with Gasteiger partial charge in [-0.15, -0.1) is 0 Å². The Kier molecular flexibility index (Phi) is 12.7. The summed E-state index contributed by atoms with van der Waals surface area (Å²) >= 11 is 2.30. The van der Waals surface area contributed by atoms with Gasteiger partial charge >= 0.3 is 23.0 Å². The average Bonchev–Trinajstić information content (AvgIpc) is 2.25. The van der Waals surface area contributed by atoms with Crippen molar-refractivity contribution >= 4 is 20.7 Å². The van der Waals surface area contributed by atoms with Crippen LogP contribution in [0.25, 0.3) is 0 Å². The van der Waals surface area contributed by atoms with Crippen LogP contribution in [0.5, 0.6) is 0 Å². The predicted octanol–water partition coefficient (Wildman–Crippen LogP) is 6.25. The van der Waals surface area contributed by atoms with E-state index >= 15 is 0 Å². The maximum absolute atomic E-state index is 11.7. The van der Waals surface area contributed by atoms with Crippen molar-refractivity contribution in [2.45, 2.75) is 104 Å². The van der Waals surface area contributed by atoms with Crippen molar-refractivity contribution in [2.75, 3.05) is 0 Å². The standard InChI is InChI=1S/2C8H19OP.CH2.Rh/c2*1-7(2,3)10(9)8(4,5)6;;/h2*10H,1-6H3;1H2;. The second-order valence-corrected chi connectivity index (χ2v) is 17.0. The molecule has 0 atom stereocenters. The van der Waals surface area contributed by atoms with Gasteiger partial charge in [0.15, 0.2) is 0 Å². The van der Waals surface area contributed by atoms with E-state index in [1.165, 1.54) is 0 Å². The summed E-state index contributed by atoms with van der Waals surface area (Å²) in [7, 11) is -2.94. The summed E-state index contributed by atoms with van der Waals surface area (Å²) in [6.45, 7) is 24.5. The summed E-state index contributed by atoms with van der Waals surface area (Å²) in [5, 5.41) is 3.10. The van der Waals surface area contributed by atoms with Gasteiger partial charge in [0.05, 0.1) is 15.6 Å². The van der Waals surface area contributed by atoms with Crippen molar-refractivity contribution in [3.05, 3.63) is 0 Å². The normalized spacial score (nSPS) is 13.2. The third-order valence-corrected chi connectivity index (χ3v) is 8.17. The molecule has 0 radical (unpaired) electrons. The average molecular weight is 441 g/mol. The summed E-state index contributed by atoms with van der Waals surface area (Å²) in [6, 6.07) is 0. The molecule has 0 heterocycles. The fourth-order valence-corrected chi connectivity index (χ4v) is 6.75. The van der Waals surface area contributed by atoms with Crippen LogP contribution in [0.4, 0.5) is 0 Å². The summed E-state index contributed by atoms with van der Waals surface area (Å²) in [6.07, 6.45) is 0. The first-order chi connectivity index (χ1) is 9.31. The third kappa shape index (κ3) is 13.4. The van der Waals surface area contributed by atoms with Crippen molar-refractivity contribution in [3.63, 3.8) is 0 Å². The second kappa shape index (κ2) is 10.1. The SMILES string of the molecule is CC(C)(C)[PH](=O)C(C)(C)C.CC(C)(C)[PH](=O)C(C)(C)C.[CH2]=[Rh]. The molecule has 0 rings (SSSR count). The molecule has 22 heavy (non-hydrogen) atoms. The first kappa shape index (κ1) is 27.8. The van der Waals surface area contributed by atoms with Crippen molar-refractivity contribution in [1.82, 2.24) is 0 Å². The Balaban J connectivity index is -0.000000294. The van der Waals surface area contributed by atoms with Crippen molar-refractivity contribution in [2.24, 2.45) is 0 Å². The van der Waals surface area contributed by atoms with Crippen LogP contribution in [0.1, 0.15) is 83.1 Å². The first-order valence-corrected chi connectivity index (χ1v) is 11.6. The van der Waals surface area contributed by atoms with Gasteiger partial charge in [0.1, 0.15) is 0 Å². The summed E-state index contributed by atoms with van der Waals surface area (Å²) in [5.41, 5.74) is 0. The van der Waals surface area contributed by atoms with E-state index in [0.717, 1.165) is 0 Å². The Morgan fingerprint density at radius 3 is 0.591 bits per heavy atom. The Labute approximate surface area is 151 Å². The number of hydrogen-bond acceptors (Lipinski definition) is 2. The van der Waals surface area contributed by atoms with Gasteiger partial charge in [-0.2, -0.15) is 0 Å². The van der Waals surface area contributed by atoms with Gasteiger partial charge in [-0.05, 0) is 0 Å². The molecule has 0 aromatic heterocycles. The Morgan fingerprint density at radius 2 is 0.591 bits per heavy atom. The fraction of sp³-hybridized carbons (Fsp3) is 0.941. The molecule has 0 aliphatic carbocycles. The Hall–Kier alpha value is 0.953. The molecule has 2 nitrogen and oxygen atoms in total. The van der Waals surface area contributed by atoms with Crippen LogP contribution < -0.4 is 0 Å². The minimum atomic E-state index is -1.47. The minimum absolute atomic E-state index is 0.0110. The zero-order chi connectivity index (χ0) is 19.2. The van der Waals surface area contributed by atoms with Crippen LogP contribution in [-0.2, 0) is 27.0 Å². The second-order valence-electron chi connectivity index (χ2n) is 9.66. The molecular formula is C17H40O2P2Rh. The molecule has 0 unspecified atom stereocenters. The monoisotopic (exact) mass is 441 g/mol. The van der Waals surface area contributed by atoms with E-state index in [9.17, 15) is 9.13 Å². The van der Waals surface area contributed by atoms with Crippen LogP contribution in [0.3, 0.4) is 0 Å². The summed E-state index contributed by atoms with van der Waals surface area (Å²) in [4.78, 5) is 0. The third-order valence-electron chi connectivity index (χ3n) is 2.72. The molecule has 5 heteroatoms. The van der Waals surface area contributed by atoms with E-state index in [1.54, 1.807) is 0 Å². The zero-order valence-electron chi connectivity index (χ0n) is 16.9. The van der Waals surface area contributed by atoms with Crippen molar-refractivity contribution in [1.29, 1.82) is 0 Å². The van der Waals surface area contributed by atoms with Gasteiger partial charge in [0, 0.05) is 20.6 Å². The van der Waals surface area contributed by atoms with Crippen LogP contribution in [0.15, 0.2) is 0 Å². The van der Waals surface area contributed by atoms with Crippen LogP contribution in [0.2, 0.25) is 0 Å². The topological polar surface area (TPSA) is 34.1 Å². The first-order valence-electron chi connectivity index (χ1n) is 7.64. The van der Waals surface area contributed by atoms with Gasteiger partial charge in [-0.1, -0.05) is 83.1 Å². The van der Waals surface area contributed by atoms with E-state index in [0.29, 0.717) is 0 Å². The Morgan fingerprint density at radius 1 is 0.500 bits per heavy atom. The Bertz CT molecular complexity index is 296. The molecule has 0 aliphatic heterocycles. The zero-order valence-corrected chi connectivity index (χ0v) is 20.5. The van der Waals surface area contributed by atoms with E-state index in [-0.39, 0.29) is 20.6 Å². The van der Waals surface area contributed by atoms with Gasteiger partial charge < -0.3 is 9.13 Å². The molecule has 0 saturated heterocycles. The molecule has 0 aromatic rings. The van der Waals surface area contributed by atoms with E-state index in [4.69, 9.17) is 0 Å². The van der Waals surface area contributed by atoms with Gasteiger partial charge in [0.2, 0.25) is 0 Å². The maximum atomic E-state index is 11.7. The van der Waals surface area contributed by atoms with Crippen molar-refractivity contribution < 1.29 is 27.0 Å². The molecule has 0 spiro atoms. The molecule has 0 amide bonds. The molecule has 0 N–H and O–H groups in total. The van der Waals surface area contributed by atoms with Crippen molar-refractivity contribution in [3.8, 4) is 0 Å². The number of hydrogen-bond donors (Lipinski definition) is 0. The van der Waals surface area contributed by atoms with Crippen LogP contribution in [0, 0.1) is 0 Å². The van der Waals surface area contributed by atoms with Crippen LogP contribution >= 0.6 is 15.6 Å². The summed E-state index contributed by atoms with van der Waals surface area (Å²) in [5.74, 6) is 0. The molecule has 0 bridgehead atoms. The van der Waals surface area contributed by atoms with E-state index in [2.05, 4.69) is 23.0 Å². The molecule has 0 saturated carbocycles. The van der Waals surface area contributed by atoms with Gasteiger partial charge in [-0.25, -0.2) is 0 Å². The fourth-order valence-electron chi connectivity index (χ4n) is 2.25. The summed E-state index contributed by atoms with van der Waals surface area (Å²) < 4.78 is 23.3. The molecular weight excluding hydrogens is 401 g/mol. The van der Waals surface area contributed by atoms with Gasteiger partial charge in [-0.3, -0.25) is 0 Å². The molecule has 139 valence electrons. The molecule has 0 fully saturated rings. The van der Waals surface area contributed by atoms with Crippen LogP contribution in [-0.4, -0.2) is 25.7 Å². The molecule has 0 aliphatic rings. The van der Waals surface area contributed by atoms with E-state index < -0.39 is 15.6 Å². The van der Waals surface area contributed by atoms with E-state index in [1.807, 2.05) is 83.1 Å². The molecule has 0 aromatic carbocycles. The number of rotatable bonds is 0. The quantitative estimate of drug-likeness (QED) is 0.329. The predicted molar refractivity (Wildman–Crippen MR) is 104 cm³/mol.